The van der Waals surface area contributed by atoms with Crippen LogP contribution in [0.1, 0.15) is 57.8 Å². The second-order valence-corrected chi connectivity index (χ2v) is 10.2. The van der Waals surface area contributed by atoms with Gasteiger partial charge in [-0.25, -0.2) is 8.78 Å². The predicted molar refractivity (Wildman–Crippen MR) is 109 cm³/mol. The first-order valence-corrected chi connectivity index (χ1v) is 11.8. The molecule has 0 aromatic rings. The topological polar surface area (TPSA) is 70.7 Å². The van der Waals surface area contributed by atoms with Crippen LogP contribution in [-0.2, 0) is 14.3 Å². The van der Waals surface area contributed by atoms with Crippen molar-refractivity contribution < 1.29 is 36.3 Å². The van der Waals surface area contributed by atoms with Gasteiger partial charge in [-0.1, -0.05) is 0 Å². The summed E-state index contributed by atoms with van der Waals surface area (Å²) in [6.45, 7) is 0.925. The van der Waals surface area contributed by atoms with Crippen molar-refractivity contribution in [1.82, 2.24) is 15.5 Å². The zero-order valence-electron chi connectivity index (χ0n) is 18.6. The van der Waals surface area contributed by atoms with Gasteiger partial charge < -0.3 is 20.3 Å². The molecule has 3 heterocycles. The summed E-state index contributed by atoms with van der Waals surface area (Å²) in [5.74, 6) is -4.32. The van der Waals surface area contributed by atoms with E-state index in [1.807, 2.05) is 0 Å². The summed E-state index contributed by atoms with van der Waals surface area (Å²) in [6.07, 6.45) is -3.78. The average molecular weight is 482 g/mol. The molecule has 1 aliphatic carbocycles. The first-order chi connectivity index (χ1) is 15.5. The fraction of sp³-hybridized carbons (Fsp3) is 0.909. The number of carbonyl (C=O) groups excluding carboxylic acids is 2. The summed E-state index contributed by atoms with van der Waals surface area (Å²) in [6, 6.07) is -0.448. The van der Waals surface area contributed by atoms with Gasteiger partial charge in [0.1, 0.15) is 5.41 Å². The Bertz CT molecular complexity index is 728. The summed E-state index contributed by atoms with van der Waals surface area (Å²) < 4.78 is 74.3. The molecule has 3 aliphatic heterocycles. The van der Waals surface area contributed by atoms with E-state index in [1.54, 1.807) is 0 Å². The van der Waals surface area contributed by atoms with E-state index in [0.29, 0.717) is 19.6 Å². The first-order valence-electron chi connectivity index (χ1n) is 11.8. The number of piperidine rings is 2. The zero-order valence-corrected chi connectivity index (χ0v) is 18.6. The van der Waals surface area contributed by atoms with Gasteiger partial charge >= 0.3 is 6.18 Å². The molecule has 4 fully saturated rings. The van der Waals surface area contributed by atoms with E-state index in [-0.39, 0.29) is 62.7 Å². The fourth-order valence-corrected chi connectivity index (χ4v) is 5.52. The summed E-state index contributed by atoms with van der Waals surface area (Å²) in [5, 5.41) is 5.57. The number of hydrogen-bond acceptors (Lipinski definition) is 4. The molecule has 33 heavy (non-hydrogen) atoms. The van der Waals surface area contributed by atoms with Gasteiger partial charge in [-0.15, -0.1) is 0 Å². The molecule has 0 aromatic carbocycles. The molecule has 6 nitrogen and oxygen atoms in total. The minimum absolute atomic E-state index is 0.0365. The summed E-state index contributed by atoms with van der Waals surface area (Å²) >= 11 is 0. The van der Waals surface area contributed by atoms with Gasteiger partial charge in [0, 0.05) is 45.4 Å². The van der Waals surface area contributed by atoms with Crippen molar-refractivity contribution in [2.45, 2.75) is 81.5 Å². The molecule has 0 aromatic heterocycles. The highest BCUT2D eigenvalue weighted by atomic mass is 19.4. The van der Waals surface area contributed by atoms with Crippen LogP contribution in [-0.4, -0.2) is 73.2 Å². The Balaban J connectivity index is 1.31. The van der Waals surface area contributed by atoms with E-state index in [4.69, 9.17) is 4.74 Å². The molecule has 2 N–H and O–H groups in total. The normalized spacial score (nSPS) is 32.3. The maximum atomic E-state index is 14.0. The molecule has 0 unspecified atom stereocenters. The van der Waals surface area contributed by atoms with Gasteiger partial charge in [0.2, 0.25) is 17.7 Å². The Hall–Kier alpha value is -1.49. The third-order valence-electron chi connectivity index (χ3n) is 8.12. The van der Waals surface area contributed by atoms with E-state index in [1.165, 1.54) is 4.90 Å². The Morgan fingerprint density at radius 1 is 1.00 bits per heavy atom. The minimum Gasteiger partial charge on any atom is -0.373 e. The maximum Gasteiger partial charge on any atom is 0.403 e. The zero-order chi connectivity index (χ0) is 23.9. The van der Waals surface area contributed by atoms with Crippen LogP contribution < -0.4 is 10.6 Å². The summed E-state index contributed by atoms with van der Waals surface area (Å²) in [4.78, 5) is 27.0. The van der Waals surface area contributed by atoms with Crippen LogP contribution in [0, 0.1) is 11.3 Å². The second-order valence-electron chi connectivity index (χ2n) is 10.2. The molecule has 4 rings (SSSR count). The van der Waals surface area contributed by atoms with Crippen molar-refractivity contribution in [1.29, 1.82) is 0 Å². The lowest BCUT2D eigenvalue weighted by Crippen LogP contribution is -2.62. The number of likely N-dealkylation sites (tertiary alicyclic amines) is 1. The highest BCUT2D eigenvalue weighted by Gasteiger charge is 2.61. The van der Waals surface area contributed by atoms with Gasteiger partial charge in [-0.2, -0.15) is 13.2 Å². The van der Waals surface area contributed by atoms with Crippen molar-refractivity contribution in [2.24, 2.45) is 11.3 Å². The molecule has 2 amide bonds. The largest absolute Gasteiger partial charge is 0.403 e. The predicted octanol–water partition coefficient (Wildman–Crippen LogP) is 3.01. The van der Waals surface area contributed by atoms with Gasteiger partial charge in [-0.05, 0) is 44.4 Å². The van der Waals surface area contributed by atoms with Gasteiger partial charge in [0.15, 0.2) is 0 Å². The minimum atomic E-state index is -4.76. The number of nitrogens with one attached hydrogen (secondary N) is 2. The highest BCUT2D eigenvalue weighted by Crippen LogP contribution is 2.47. The molecule has 188 valence electrons. The summed E-state index contributed by atoms with van der Waals surface area (Å²) in [7, 11) is 0. The standard InChI is InChI=1S/C22H32F5N3O3/c23-21(24)5-1-15(2-6-21)13-28-18(32)20(22(25,26)27)7-10-30(11-8-20)17(31)16-3-4-19(14-29-16)9-12-33-19/h15-16,29H,1-14H2,(H,28,32)/t16-,19+/m0/s1. The third kappa shape index (κ3) is 4.99. The van der Waals surface area contributed by atoms with Crippen LogP contribution >= 0.6 is 0 Å². The Morgan fingerprint density at radius 2 is 1.64 bits per heavy atom. The maximum absolute atomic E-state index is 14.0. The summed E-state index contributed by atoms with van der Waals surface area (Å²) in [5.41, 5.74) is -2.76. The van der Waals surface area contributed by atoms with Crippen LogP contribution in [0.15, 0.2) is 0 Å². The van der Waals surface area contributed by atoms with E-state index >= 15 is 0 Å². The number of alkyl halides is 5. The van der Waals surface area contributed by atoms with Crippen LogP contribution in [0.5, 0.6) is 0 Å². The van der Waals surface area contributed by atoms with E-state index in [0.717, 1.165) is 12.8 Å². The van der Waals surface area contributed by atoms with E-state index < -0.39 is 42.3 Å². The smallest absolute Gasteiger partial charge is 0.373 e. The molecular weight excluding hydrogens is 449 g/mol. The van der Waals surface area contributed by atoms with Crippen molar-refractivity contribution in [3.05, 3.63) is 0 Å². The fourth-order valence-electron chi connectivity index (χ4n) is 5.52. The molecule has 0 bridgehead atoms. The monoisotopic (exact) mass is 481 g/mol. The van der Waals surface area contributed by atoms with Crippen molar-refractivity contribution >= 4 is 11.8 Å². The lowest BCUT2D eigenvalue weighted by Gasteiger charge is -2.48. The molecule has 11 heteroatoms. The first kappa shape index (κ1) is 24.6. The molecule has 0 radical (unpaired) electrons. The van der Waals surface area contributed by atoms with Gasteiger partial charge in [0.25, 0.3) is 0 Å². The van der Waals surface area contributed by atoms with Crippen molar-refractivity contribution in [3.63, 3.8) is 0 Å². The van der Waals surface area contributed by atoms with Gasteiger partial charge in [-0.3, -0.25) is 9.59 Å². The van der Waals surface area contributed by atoms with Crippen LogP contribution in [0.2, 0.25) is 0 Å². The Kier molecular flexibility index (Phi) is 6.67. The SMILES string of the molecule is O=C([C@@H]1CC[C@@]2(CCO2)CN1)N1CCC(C(=O)NCC2CCC(F)(F)CC2)(C(F)(F)F)CC1. The van der Waals surface area contributed by atoms with E-state index in [9.17, 15) is 31.5 Å². The van der Waals surface area contributed by atoms with Crippen molar-refractivity contribution in [3.8, 4) is 0 Å². The molecule has 2 atom stereocenters. The second kappa shape index (κ2) is 8.94. The van der Waals surface area contributed by atoms with Crippen LogP contribution in [0.4, 0.5) is 22.0 Å². The van der Waals surface area contributed by atoms with Gasteiger partial charge in [0.05, 0.1) is 18.2 Å². The molecular formula is C22H32F5N3O3. The number of amides is 2. The molecule has 4 aliphatic rings. The lowest BCUT2D eigenvalue weighted by atomic mass is 9.76. The number of rotatable bonds is 4. The van der Waals surface area contributed by atoms with E-state index in [2.05, 4.69) is 10.6 Å². The third-order valence-corrected chi connectivity index (χ3v) is 8.12. The number of halogens is 5. The number of nitrogens with zero attached hydrogens (tertiary/aromatic N) is 1. The van der Waals surface area contributed by atoms with Crippen LogP contribution in [0.25, 0.3) is 0 Å². The van der Waals surface area contributed by atoms with Crippen molar-refractivity contribution in [2.75, 3.05) is 32.8 Å². The Morgan fingerprint density at radius 3 is 2.12 bits per heavy atom. The molecule has 1 spiro atoms. The molecule has 3 saturated heterocycles. The van der Waals surface area contributed by atoms with Crippen LogP contribution in [0.3, 0.4) is 0 Å². The number of ether oxygens (including phenoxy) is 1. The average Bonchev–Trinajstić information content (AvgIpc) is 2.76. The quantitative estimate of drug-likeness (QED) is 0.606. The number of carbonyl (C=O) groups is 2. The number of hydrogen-bond donors (Lipinski definition) is 2. The highest BCUT2D eigenvalue weighted by molar-refractivity contribution is 5.85. The Labute approximate surface area is 190 Å². The molecule has 1 saturated carbocycles. The lowest BCUT2D eigenvalue weighted by molar-refractivity contribution is -0.233.